The topological polar surface area (TPSA) is 73.6 Å². The van der Waals surface area contributed by atoms with Gasteiger partial charge in [0.2, 0.25) is 5.91 Å². The van der Waals surface area contributed by atoms with Crippen molar-refractivity contribution in [1.29, 1.82) is 0 Å². The Morgan fingerprint density at radius 1 is 1.22 bits per heavy atom. The maximum absolute atomic E-state index is 12.4. The van der Waals surface area contributed by atoms with E-state index in [1.807, 2.05) is 0 Å². The van der Waals surface area contributed by atoms with Crippen molar-refractivity contribution in [2.24, 2.45) is 11.1 Å². The van der Waals surface area contributed by atoms with Gasteiger partial charge in [0.15, 0.2) is 0 Å². The van der Waals surface area contributed by atoms with Crippen LogP contribution in [0.15, 0.2) is 18.2 Å². The molecule has 0 atom stereocenters. The SMILES string of the molecule is COc1ccc(NC(=O)CC2(CN)CCCCC2)c(OC)c1.Cl. The van der Waals surface area contributed by atoms with Gasteiger partial charge in [0.1, 0.15) is 11.5 Å². The highest BCUT2D eigenvalue weighted by Gasteiger charge is 2.33. The minimum absolute atomic E-state index is 0. The third-order valence-electron chi connectivity index (χ3n) is 4.57. The number of halogens is 1. The normalized spacial score (nSPS) is 16.1. The first kappa shape index (κ1) is 19.6. The summed E-state index contributed by atoms with van der Waals surface area (Å²) in [6.07, 6.45) is 6.12. The second kappa shape index (κ2) is 8.99. The lowest BCUT2D eigenvalue weighted by Gasteiger charge is -2.35. The van der Waals surface area contributed by atoms with Crippen LogP contribution in [0.25, 0.3) is 0 Å². The fourth-order valence-electron chi connectivity index (χ4n) is 3.19. The van der Waals surface area contributed by atoms with E-state index in [0.717, 1.165) is 25.7 Å². The van der Waals surface area contributed by atoms with E-state index in [2.05, 4.69) is 5.32 Å². The van der Waals surface area contributed by atoms with Crippen molar-refractivity contribution in [1.82, 2.24) is 0 Å². The highest BCUT2D eigenvalue weighted by atomic mass is 35.5. The summed E-state index contributed by atoms with van der Waals surface area (Å²) in [5, 5.41) is 2.94. The van der Waals surface area contributed by atoms with Crippen molar-refractivity contribution in [2.45, 2.75) is 38.5 Å². The minimum Gasteiger partial charge on any atom is -0.497 e. The molecule has 0 aliphatic heterocycles. The number of nitrogens with two attached hydrogens (primary N) is 1. The van der Waals surface area contributed by atoms with E-state index in [1.54, 1.807) is 32.4 Å². The van der Waals surface area contributed by atoms with E-state index in [9.17, 15) is 4.79 Å². The summed E-state index contributed by atoms with van der Waals surface area (Å²) in [6, 6.07) is 5.36. The van der Waals surface area contributed by atoms with E-state index in [0.29, 0.717) is 30.2 Å². The van der Waals surface area contributed by atoms with Gasteiger partial charge >= 0.3 is 0 Å². The standard InChI is InChI=1S/C17H26N2O3.ClH/c1-21-13-6-7-14(15(10-13)22-2)19-16(20)11-17(12-18)8-4-3-5-9-17;/h6-7,10H,3-5,8-9,11-12,18H2,1-2H3,(H,19,20);1H. The van der Waals surface area contributed by atoms with Crippen molar-refractivity contribution in [3.63, 3.8) is 0 Å². The summed E-state index contributed by atoms with van der Waals surface area (Å²) in [5.41, 5.74) is 6.58. The monoisotopic (exact) mass is 342 g/mol. The molecule has 0 aromatic heterocycles. The number of nitrogens with one attached hydrogen (secondary N) is 1. The van der Waals surface area contributed by atoms with E-state index < -0.39 is 0 Å². The number of rotatable bonds is 6. The van der Waals surface area contributed by atoms with Crippen LogP contribution in [-0.2, 0) is 4.79 Å². The maximum atomic E-state index is 12.4. The molecule has 1 aromatic carbocycles. The lowest BCUT2D eigenvalue weighted by Crippen LogP contribution is -2.36. The Balaban J connectivity index is 0.00000264. The molecular formula is C17H27ClN2O3. The molecule has 1 aliphatic rings. The zero-order chi connectivity index (χ0) is 16.0. The van der Waals surface area contributed by atoms with Gasteiger partial charge in [0, 0.05) is 12.5 Å². The zero-order valence-electron chi connectivity index (χ0n) is 13.9. The molecule has 1 aliphatic carbocycles. The van der Waals surface area contributed by atoms with Crippen LogP contribution in [0, 0.1) is 5.41 Å². The van der Waals surface area contributed by atoms with E-state index in [-0.39, 0.29) is 23.7 Å². The zero-order valence-corrected chi connectivity index (χ0v) is 14.7. The summed E-state index contributed by atoms with van der Waals surface area (Å²) in [6.45, 7) is 0.570. The van der Waals surface area contributed by atoms with E-state index >= 15 is 0 Å². The van der Waals surface area contributed by atoms with Gasteiger partial charge < -0.3 is 20.5 Å². The summed E-state index contributed by atoms with van der Waals surface area (Å²) in [7, 11) is 3.17. The van der Waals surface area contributed by atoms with Crippen molar-refractivity contribution in [2.75, 3.05) is 26.1 Å². The molecule has 0 bridgehead atoms. The van der Waals surface area contributed by atoms with Crippen molar-refractivity contribution in [3.8, 4) is 11.5 Å². The molecule has 5 nitrogen and oxygen atoms in total. The van der Waals surface area contributed by atoms with Gasteiger partial charge in [-0.25, -0.2) is 0 Å². The summed E-state index contributed by atoms with van der Waals surface area (Å²) >= 11 is 0. The van der Waals surface area contributed by atoms with Crippen LogP contribution in [0.4, 0.5) is 5.69 Å². The van der Waals surface area contributed by atoms with Gasteiger partial charge in [-0.1, -0.05) is 19.3 Å². The lowest BCUT2D eigenvalue weighted by atomic mass is 9.71. The Kier molecular flexibility index (Phi) is 7.65. The van der Waals surface area contributed by atoms with Crippen molar-refractivity contribution < 1.29 is 14.3 Å². The van der Waals surface area contributed by atoms with Gasteiger partial charge in [-0.15, -0.1) is 12.4 Å². The number of anilines is 1. The Morgan fingerprint density at radius 3 is 2.48 bits per heavy atom. The van der Waals surface area contributed by atoms with Crippen LogP contribution >= 0.6 is 12.4 Å². The number of benzene rings is 1. The number of amides is 1. The van der Waals surface area contributed by atoms with Crippen LogP contribution in [-0.4, -0.2) is 26.7 Å². The lowest BCUT2D eigenvalue weighted by molar-refractivity contribution is -0.118. The van der Waals surface area contributed by atoms with Crippen molar-refractivity contribution in [3.05, 3.63) is 18.2 Å². The number of carbonyl (C=O) groups is 1. The Bertz CT molecular complexity index is 517. The Morgan fingerprint density at radius 2 is 1.91 bits per heavy atom. The summed E-state index contributed by atoms with van der Waals surface area (Å²) in [4.78, 5) is 12.4. The van der Waals surface area contributed by atoms with Crippen molar-refractivity contribution >= 4 is 24.0 Å². The number of ether oxygens (including phenoxy) is 2. The largest absolute Gasteiger partial charge is 0.497 e. The molecular weight excluding hydrogens is 316 g/mol. The van der Waals surface area contributed by atoms with Crippen LogP contribution < -0.4 is 20.5 Å². The summed E-state index contributed by atoms with van der Waals surface area (Å²) < 4.78 is 10.5. The molecule has 0 heterocycles. The maximum Gasteiger partial charge on any atom is 0.225 e. The number of hydrogen-bond donors (Lipinski definition) is 2. The molecule has 3 N–H and O–H groups in total. The second-order valence-corrected chi connectivity index (χ2v) is 6.06. The molecule has 6 heteroatoms. The smallest absolute Gasteiger partial charge is 0.225 e. The fourth-order valence-corrected chi connectivity index (χ4v) is 3.19. The van der Waals surface area contributed by atoms with Crippen LogP contribution in [0.2, 0.25) is 0 Å². The molecule has 1 aromatic rings. The molecule has 23 heavy (non-hydrogen) atoms. The molecule has 2 rings (SSSR count). The second-order valence-electron chi connectivity index (χ2n) is 6.06. The summed E-state index contributed by atoms with van der Waals surface area (Å²) in [5.74, 6) is 1.29. The molecule has 0 spiro atoms. The quantitative estimate of drug-likeness (QED) is 0.831. The average molecular weight is 343 g/mol. The van der Waals surface area contributed by atoms with Crippen LogP contribution in [0.3, 0.4) is 0 Å². The van der Waals surface area contributed by atoms with E-state index in [1.165, 1.54) is 6.42 Å². The number of carbonyl (C=O) groups excluding carboxylic acids is 1. The van der Waals surface area contributed by atoms with Crippen LogP contribution in [0.1, 0.15) is 38.5 Å². The Labute approximate surface area is 144 Å². The Hall–Kier alpha value is -1.46. The first-order valence-electron chi connectivity index (χ1n) is 7.84. The third-order valence-corrected chi connectivity index (χ3v) is 4.57. The van der Waals surface area contributed by atoms with Gasteiger partial charge in [0.25, 0.3) is 0 Å². The molecule has 0 unspecified atom stereocenters. The molecule has 1 fully saturated rings. The number of methoxy groups -OCH3 is 2. The average Bonchev–Trinajstić information content (AvgIpc) is 2.56. The van der Waals surface area contributed by atoms with Gasteiger partial charge in [-0.05, 0) is 36.9 Å². The van der Waals surface area contributed by atoms with Gasteiger partial charge in [-0.3, -0.25) is 4.79 Å². The highest BCUT2D eigenvalue weighted by Crippen LogP contribution is 2.39. The van der Waals surface area contributed by atoms with Crippen LogP contribution in [0.5, 0.6) is 11.5 Å². The molecule has 1 amide bonds. The highest BCUT2D eigenvalue weighted by molar-refractivity contribution is 5.92. The fraction of sp³-hybridized carbons (Fsp3) is 0.588. The first-order valence-corrected chi connectivity index (χ1v) is 7.84. The predicted octanol–water partition coefficient (Wildman–Crippen LogP) is 3.36. The van der Waals surface area contributed by atoms with Gasteiger partial charge in [0.05, 0.1) is 19.9 Å². The predicted molar refractivity (Wildman–Crippen MR) is 94.6 cm³/mol. The number of hydrogen-bond acceptors (Lipinski definition) is 4. The van der Waals surface area contributed by atoms with E-state index in [4.69, 9.17) is 15.2 Å². The molecule has 1 saturated carbocycles. The molecule has 130 valence electrons. The van der Waals surface area contributed by atoms with Gasteiger partial charge in [-0.2, -0.15) is 0 Å². The molecule has 0 radical (unpaired) electrons. The third kappa shape index (κ3) is 5.01. The molecule has 0 saturated heterocycles. The minimum atomic E-state index is -0.0396. The first-order chi connectivity index (χ1) is 10.6.